The molecule has 0 bridgehead atoms. The van der Waals surface area contributed by atoms with Gasteiger partial charge < -0.3 is 10.5 Å². The number of amidine groups is 1. The minimum atomic E-state index is 0.264. The van der Waals surface area contributed by atoms with Crippen LogP contribution in [0.1, 0.15) is 33.6 Å². The molecule has 90 valence electrons. The largest absolute Gasteiger partial charge is 0.388 e. The molecule has 3 N–H and O–H groups in total. The van der Waals surface area contributed by atoms with Gasteiger partial charge in [0.05, 0.1) is 5.84 Å². The Labute approximate surface area is 93.3 Å². The van der Waals surface area contributed by atoms with Crippen molar-refractivity contribution in [2.45, 2.75) is 45.7 Å². The molecule has 0 saturated heterocycles. The van der Waals surface area contributed by atoms with Crippen molar-refractivity contribution in [2.24, 2.45) is 5.73 Å². The fourth-order valence-electron chi connectivity index (χ4n) is 1.69. The number of hydrogen-bond donors (Lipinski definition) is 2. The lowest BCUT2D eigenvalue weighted by atomic mass is 10.1. The molecule has 1 unspecified atom stereocenters. The van der Waals surface area contributed by atoms with E-state index in [0.29, 0.717) is 18.5 Å². The zero-order valence-electron chi connectivity index (χ0n) is 10.4. The van der Waals surface area contributed by atoms with Gasteiger partial charge in [-0.3, -0.25) is 10.3 Å². The highest BCUT2D eigenvalue weighted by Crippen LogP contribution is 2.09. The molecule has 4 nitrogen and oxygen atoms in total. The summed E-state index contributed by atoms with van der Waals surface area (Å²) in [5.74, 6) is 0.264. The number of ether oxygens (including phenoxy) is 1. The minimum Gasteiger partial charge on any atom is -0.388 e. The monoisotopic (exact) mass is 215 g/mol. The summed E-state index contributed by atoms with van der Waals surface area (Å²) in [5, 5.41) is 7.23. The SMILES string of the molecule is COCCC(C)N(CCC(=N)N)C(C)C. The van der Waals surface area contributed by atoms with Gasteiger partial charge >= 0.3 is 0 Å². The molecule has 0 aliphatic heterocycles. The third-order valence-electron chi connectivity index (χ3n) is 2.61. The molecule has 0 rings (SSSR count). The molecular weight excluding hydrogens is 190 g/mol. The number of nitrogens with one attached hydrogen (secondary N) is 1. The highest BCUT2D eigenvalue weighted by atomic mass is 16.5. The van der Waals surface area contributed by atoms with Crippen LogP contribution in [-0.4, -0.2) is 43.1 Å². The Morgan fingerprint density at radius 2 is 2.00 bits per heavy atom. The molecule has 0 radical (unpaired) electrons. The average molecular weight is 215 g/mol. The van der Waals surface area contributed by atoms with Gasteiger partial charge in [0, 0.05) is 38.8 Å². The molecule has 0 amide bonds. The number of rotatable bonds is 8. The molecule has 0 aromatic heterocycles. The summed E-state index contributed by atoms with van der Waals surface area (Å²) in [6.07, 6.45) is 1.67. The molecule has 1 atom stereocenters. The predicted molar refractivity (Wildman–Crippen MR) is 64.3 cm³/mol. The summed E-state index contributed by atoms with van der Waals surface area (Å²) >= 11 is 0. The summed E-state index contributed by atoms with van der Waals surface area (Å²) in [5.41, 5.74) is 5.37. The Bertz CT molecular complexity index is 183. The normalized spacial score (nSPS) is 13.5. The van der Waals surface area contributed by atoms with E-state index in [9.17, 15) is 0 Å². The number of nitrogens with zero attached hydrogens (tertiary/aromatic N) is 1. The third-order valence-corrected chi connectivity index (χ3v) is 2.61. The smallest absolute Gasteiger partial charge is 0.0918 e. The van der Waals surface area contributed by atoms with E-state index in [0.717, 1.165) is 19.6 Å². The first kappa shape index (κ1) is 14.4. The highest BCUT2D eigenvalue weighted by Gasteiger charge is 2.16. The van der Waals surface area contributed by atoms with Crippen LogP contribution in [0.4, 0.5) is 0 Å². The average Bonchev–Trinajstić information content (AvgIpc) is 2.13. The maximum Gasteiger partial charge on any atom is 0.0918 e. The second-order valence-corrected chi connectivity index (χ2v) is 4.24. The first-order valence-corrected chi connectivity index (χ1v) is 5.56. The molecule has 0 saturated carbocycles. The summed E-state index contributed by atoms with van der Waals surface area (Å²) in [4.78, 5) is 2.36. The lowest BCUT2D eigenvalue weighted by Gasteiger charge is -2.32. The Kier molecular flexibility index (Phi) is 7.34. The summed E-state index contributed by atoms with van der Waals surface area (Å²) in [6, 6.07) is 0.959. The number of methoxy groups -OCH3 is 1. The highest BCUT2D eigenvalue weighted by molar-refractivity contribution is 5.76. The summed E-state index contributed by atoms with van der Waals surface area (Å²) in [6.45, 7) is 8.17. The minimum absolute atomic E-state index is 0.264. The van der Waals surface area contributed by atoms with E-state index in [1.807, 2.05) is 0 Å². The number of nitrogens with two attached hydrogens (primary N) is 1. The lowest BCUT2D eigenvalue weighted by molar-refractivity contribution is 0.119. The first-order valence-electron chi connectivity index (χ1n) is 5.56. The van der Waals surface area contributed by atoms with Crippen LogP contribution in [0.5, 0.6) is 0 Å². The van der Waals surface area contributed by atoms with Gasteiger partial charge in [-0.1, -0.05) is 0 Å². The molecule has 0 fully saturated rings. The van der Waals surface area contributed by atoms with Crippen molar-refractivity contribution in [3.8, 4) is 0 Å². The van der Waals surface area contributed by atoms with Crippen molar-refractivity contribution >= 4 is 5.84 Å². The molecule has 0 aliphatic carbocycles. The molecule has 4 heteroatoms. The summed E-state index contributed by atoms with van der Waals surface area (Å²) in [7, 11) is 1.72. The Hall–Kier alpha value is -0.610. The van der Waals surface area contributed by atoms with Crippen LogP contribution in [-0.2, 0) is 4.74 Å². The van der Waals surface area contributed by atoms with Crippen LogP contribution >= 0.6 is 0 Å². The second-order valence-electron chi connectivity index (χ2n) is 4.24. The van der Waals surface area contributed by atoms with Crippen LogP contribution < -0.4 is 5.73 Å². The van der Waals surface area contributed by atoms with Crippen LogP contribution in [0, 0.1) is 5.41 Å². The van der Waals surface area contributed by atoms with Crippen molar-refractivity contribution in [1.82, 2.24) is 4.90 Å². The van der Waals surface area contributed by atoms with E-state index >= 15 is 0 Å². The van der Waals surface area contributed by atoms with E-state index in [-0.39, 0.29) is 5.84 Å². The maximum absolute atomic E-state index is 7.23. The van der Waals surface area contributed by atoms with E-state index in [1.165, 1.54) is 0 Å². The lowest BCUT2D eigenvalue weighted by Crippen LogP contribution is -2.41. The van der Waals surface area contributed by atoms with Crippen LogP contribution in [0.2, 0.25) is 0 Å². The molecule has 0 spiro atoms. The van der Waals surface area contributed by atoms with Crippen molar-refractivity contribution in [3.05, 3.63) is 0 Å². The zero-order chi connectivity index (χ0) is 11.8. The van der Waals surface area contributed by atoms with Gasteiger partial charge in [-0.05, 0) is 27.2 Å². The molecule has 0 aromatic rings. The first-order chi connectivity index (χ1) is 6.99. The van der Waals surface area contributed by atoms with E-state index < -0.39 is 0 Å². The van der Waals surface area contributed by atoms with E-state index in [4.69, 9.17) is 15.9 Å². The van der Waals surface area contributed by atoms with Gasteiger partial charge in [-0.25, -0.2) is 0 Å². The van der Waals surface area contributed by atoms with E-state index in [1.54, 1.807) is 7.11 Å². The fourth-order valence-corrected chi connectivity index (χ4v) is 1.69. The van der Waals surface area contributed by atoms with Gasteiger partial charge in [0.15, 0.2) is 0 Å². The summed E-state index contributed by atoms with van der Waals surface area (Å²) < 4.78 is 5.07. The molecule has 15 heavy (non-hydrogen) atoms. The van der Waals surface area contributed by atoms with Gasteiger partial charge in [0.2, 0.25) is 0 Å². The van der Waals surface area contributed by atoms with Crippen LogP contribution in [0.15, 0.2) is 0 Å². The second kappa shape index (κ2) is 7.65. The predicted octanol–water partition coefficient (Wildman–Crippen LogP) is 1.45. The Balaban J connectivity index is 4.06. The topological polar surface area (TPSA) is 62.3 Å². The Morgan fingerprint density at radius 3 is 2.40 bits per heavy atom. The third kappa shape index (κ3) is 6.47. The maximum atomic E-state index is 7.23. The molecule has 0 aliphatic rings. The van der Waals surface area contributed by atoms with Gasteiger partial charge in [-0.15, -0.1) is 0 Å². The van der Waals surface area contributed by atoms with Gasteiger partial charge in [0.1, 0.15) is 0 Å². The standard InChI is InChI=1S/C11H25N3O/c1-9(2)14(7-5-11(12)13)10(3)6-8-15-4/h9-10H,5-8H2,1-4H3,(H3,12,13). The van der Waals surface area contributed by atoms with Gasteiger partial charge in [-0.2, -0.15) is 0 Å². The molecule has 0 heterocycles. The zero-order valence-corrected chi connectivity index (χ0v) is 10.4. The van der Waals surface area contributed by atoms with Gasteiger partial charge in [0.25, 0.3) is 0 Å². The van der Waals surface area contributed by atoms with E-state index in [2.05, 4.69) is 25.7 Å². The van der Waals surface area contributed by atoms with Crippen LogP contribution in [0.25, 0.3) is 0 Å². The quantitative estimate of drug-likeness (QED) is 0.476. The van der Waals surface area contributed by atoms with Crippen molar-refractivity contribution < 1.29 is 4.74 Å². The van der Waals surface area contributed by atoms with Crippen molar-refractivity contribution in [1.29, 1.82) is 5.41 Å². The Morgan fingerprint density at radius 1 is 1.40 bits per heavy atom. The van der Waals surface area contributed by atoms with Crippen molar-refractivity contribution in [2.75, 3.05) is 20.3 Å². The fraction of sp³-hybridized carbons (Fsp3) is 0.909. The number of hydrogen-bond acceptors (Lipinski definition) is 3. The molecule has 0 aromatic carbocycles. The molecular formula is C11H25N3O. The van der Waals surface area contributed by atoms with Crippen molar-refractivity contribution in [3.63, 3.8) is 0 Å². The van der Waals surface area contributed by atoms with Crippen LogP contribution in [0.3, 0.4) is 0 Å².